The molecule has 0 fully saturated rings. The minimum Gasteiger partial charge on any atom is -0.377 e. The van der Waals surface area contributed by atoms with Crippen molar-refractivity contribution in [2.24, 2.45) is 0 Å². The smallest absolute Gasteiger partial charge is 0.0650 e. The van der Waals surface area contributed by atoms with Gasteiger partial charge in [0.15, 0.2) is 0 Å². The Morgan fingerprint density at radius 1 is 1.78 bits per heavy atom. The molecule has 0 spiro atoms. The summed E-state index contributed by atoms with van der Waals surface area (Å²) in [6, 6.07) is 0. The molecule has 0 radical (unpaired) electrons. The molecule has 0 unspecified atom stereocenters. The van der Waals surface area contributed by atoms with Gasteiger partial charge in [0.1, 0.15) is 0 Å². The summed E-state index contributed by atoms with van der Waals surface area (Å²) in [4.78, 5) is 0. The average Bonchev–Trinajstić information content (AvgIpc) is 1.91. The Labute approximate surface area is 56.0 Å². The molecule has 9 heavy (non-hydrogen) atoms. The maximum absolute atomic E-state index is 5.14. The summed E-state index contributed by atoms with van der Waals surface area (Å²) in [5.74, 6) is 0. The third kappa shape index (κ3) is 2.02. The lowest BCUT2D eigenvalue weighted by Gasteiger charge is -2.10. The second-order valence-electron chi connectivity index (χ2n) is 2.18. The zero-order valence-electron chi connectivity index (χ0n) is 5.60. The van der Waals surface area contributed by atoms with Crippen molar-refractivity contribution in [3.8, 4) is 0 Å². The number of allylic oxidation sites excluding steroid dienone is 1. The van der Waals surface area contributed by atoms with Gasteiger partial charge in [0.05, 0.1) is 13.2 Å². The summed E-state index contributed by atoms with van der Waals surface area (Å²) in [6.45, 7) is 5.36. The molecule has 1 heteroatoms. The molecule has 0 aliphatic carbocycles. The predicted molar refractivity (Wildman–Crippen MR) is 38.3 cm³/mol. The lowest BCUT2D eigenvalue weighted by atomic mass is 10.1. The maximum Gasteiger partial charge on any atom is 0.0650 e. The van der Waals surface area contributed by atoms with Crippen LogP contribution < -0.4 is 0 Å². The lowest BCUT2D eigenvalue weighted by molar-refractivity contribution is 0.154. The highest BCUT2D eigenvalue weighted by Crippen LogP contribution is 2.11. The first-order valence-corrected chi connectivity index (χ1v) is 3.30. The Hall–Kier alpha value is -0.560. The van der Waals surface area contributed by atoms with E-state index in [1.807, 2.05) is 6.08 Å². The Bertz CT molecular complexity index is 125. The van der Waals surface area contributed by atoms with Gasteiger partial charge in [0, 0.05) is 0 Å². The molecule has 1 aliphatic heterocycles. The van der Waals surface area contributed by atoms with Crippen LogP contribution >= 0.6 is 0 Å². The lowest BCUT2D eigenvalue weighted by Crippen LogP contribution is -2.03. The first kappa shape index (κ1) is 6.56. The number of ether oxygens (including phenoxy) is 1. The second kappa shape index (κ2) is 3.46. The minimum atomic E-state index is 0.795. The van der Waals surface area contributed by atoms with E-state index in [2.05, 4.69) is 12.7 Å². The van der Waals surface area contributed by atoms with Gasteiger partial charge in [-0.15, -0.1) is 6.58 Å². The zero-order chi connectivity index (χ0) is 6.53. The summed E-state index contributed by atoms with van der Waals surface area (Å²) in [5.41, 5.74) is 1.47. The van der Waals surface area contributed by atoms with Crippen molar-refractivity contribution in [2.75, 3.05) is 13.2 Å². The van der Waals surface area contributed by atoms with Crippen LogP contribution in [0, 0.1) is 0 Å². The van der Waals surface area contributed by atoms with Gasteiger partial charge in [-0.05, 0) is 12.8 Å². The number of hydrogen-bond acceptors (Lipinski definition) is 1. The molecule has 0 atom stereocenters. The van der Waals surface area contributed by atoms with Gasteiger partial charge in [-0.3, -0.25) is 0 Å². The van der Waals surface area contributed by atoms with E-state index in [0.29, 0.717) is 0 Å². The monoisotopic (exact) mass is 124 g/mol. The van der Waals surface area contributed by atoms with Crippen LogP contribution in [-0.4, -0.2) is 13.2 Å². The van der Waals surface area contributed by atoms with Crippen LogP contribution in [0.1, 0.15) is 12.8 Å². The highest BCUT2D eigenvalue weighted by molar-refractivity contribution is 5.08. The molecule has 0 saturated heterocycles. The van der Waals surface area contributed by atoms with Crippen molar-refractivity contribution in [3.05, 3.63) is 24.3 Å². The van der Waals surface area contributed by atoms with Gasteiger partial charge >= 0.3 is 0 Å². The average molecular weight is 124 g/mol. The van der Waals surface area contributed by atoms with Crippen molar-refractivity contribution >= 4 is 0 Å². The van der Waals surface area contributed by atoms with Gasteiger partial charge < -0.3 is 4.74 Å². The van der Waals surface area contributed by atoms with Crippen LogP contribution in [0.3, 0.4) is 0 Å². The topological polar surface area (TPSA) is 9.23 Å². The van der Waals surface area contributed by atoms with Crippen LogP contribution in [0.25, 0.3) is 0 Å². The summed E-state index contributed by atoms with van der Waals surface area (Å²) in [7, 11) is 0. The van der Waals surface area contributed by atoms with E-state index in [4.69, 9.17) is 4.74 Å². The molecule has 1 rings (SSSR count). The molecule has 0 amide bonds. The quantitative estimate of drug-likeness (QED) is 0.511. The van der Waals surface area contributed by atoms with E-state index in [1.54, 1.807) is 0 Å². The molecule has 1 heterocycles. The van der Waals surface area contributed by atoms with Crippen molar-refractivity contribution in [2.45, 2.75) is 12.8 Å². The third-order valence-corrected chi connectivity index (χ3v) is 1.46. The predicted octanol–water partition coefficient (Wildman–Crippen LogP) is 1.91. The second-order valence-corrected chi connectivity index (χ2v) is 2.18. The van der Waals surface area contributed by atoms with Crippen molar-refractivity contribution in [3.63, 3.8) is 0 Å². The van der Waals surface area contributed by atoms with Crippen molar-refractivity contribution < 1.29 is 4.74 Å². The first-order valence-electron chi connectivity index (χ1n) is 3.30. The minimum absolute atomic E-state index is 0.795. The molecule has 0 aromatic rings. The van der Waals surface area contributed by atoms with Crippen molar-refractivity contribution in [1.29, 1.82) is 0 Å². The van der Waals surface area contributed by atoms with Gasteiger partial charge in [-0.25, -0.2) is 0 Å². The summed E-state index contributed by atoms with van der Waals surface area (Å²) >= 11 is 0. The highest BCUT2D eigenvalue weighted by Gasteiger charge is 1.99. The fourth-order valence-electron chi connectivity index (χ4n) is 0.936. The van der Waals surface area contributed by atoms with Crippen LogP contribution in [0.5, 0.6) is 0 Å². The SMILES string of the molecule is C=CCC1=CCOCC1. The fraction of sp³-hybridized carbons (Fsp3) is 0.500. The number of hydrogen-bond donors (Lipinski definition) is 0. The third-order valence-electron chi connectivity index (χ3n) is 1.46. The van der Waals surface area contributed by atoms with E-state index in [0.717, 1.165) is 26.1 Å². The molecule has 0 saturated carbocycles. The number of rotatable bonds is 2. The summed E-state index contributed by atoms with van der Waals surface area (Å²) in [5, 5.41) is 0. The maximum atomic E-state index is 5.14. The standard InChI is InChI=1S/C8H12O/c1-2-3-8-4-6-9-7-5-8/h2,4H,1,3,5-7H2. The van der Waals surface area contributed by atoms with Crippen LogP contribution in [0.4, 0.5) is 0 Å². The highest BCUT2D eigenvalue weighted by atomic mass is 16.5. The van der Waals surface area contributed by atoms with Crippen molar-refractivity contribution in [1.82, 2.24) is 0 Å². The van der Waals surface area contributed by atoms with Crippen LogP contribution in [0.15, 0.2) is 24.3 Å². The molecule has 1 aliphatic rings. The van der Waals surface area contributed by atoms with E-state index < -0.39 is 0 Å². The molecule has 0 N–H and O–H groups in total. The van der Waals surface area contributed by atoms with Crippen LogP contribution in [-0.2, 0) is 4.74 Å². The molecule has 0 aromatic heterocycles. The van der Waals surface area contributed by atoms with E-state index in [1.165, 1.54) is 5.57 Å². The Morgan fingerprint density at radius 3 is 3.22 bits per heavy atom. The van der Waals surface area contributed by atoms with Crippen LogP contribution in [0.2, 0.25) is 0 Å². The zero-order valence-corrected chi connectivity index (χ0v) is 5.60. The summed E-state index contributed by atoms with van der Waals surface area (Å²) in [6.07, 6.45) is 6.21. The first-order chi connectivity index (χ1) is 4.43. The van der Waals surface area contributed by atoms with E-state index in [9.17, 15) is 0 Å². The summed E-state index contributed by atoms with van der Waals surface area (Å²) < 4.78 is 5.14. The van der Waals surface area contributed by atoms with Gasteiger partial charge in [0.2, 0.25) is 0 Å². The van der Waals surface area contributed by atoms with Gasteiger partial charge in [-0.1, -0.05) is 17.7 Å². The molecule has 0 bridgehead atoms. The van der Waals surface area contributed by atoms with Gasteiger partial charge in [0.25, 0.3) is 0 Å². The largest absolute Gasteiger partial charge is 0.377 e. The Morgan fingerprint density at radius 2 is 2.67 bits per heavy atom. The molecular formula is C8H12O. The van der Waals surface area contributed by atoms with Gasteiger partial charge in [-0.2, -0.15) is 0 Å². The fourth-order valence-corrected chi connectivity index (χ4v) is 0.936. The normalized spacial score (nSPS) is 18.9. The van der Waals surface area contributed by atoms with E-state index in [-0.39, 0.29) is 0 Å². The van der Waals surface area contributed by atoms with E-state index >= 15 is 0 Å². The Kier molecular flexibility index (Phi) is 2.52. The molecular weight excluding hydrogens is 112 g/mol. The molecule has 1 nitrogen and oxygen atoms in total. The molecule has 50 valence electrons. The Balaban J connectivity index is 2.36. The molecule has 0 aromatic carbocycles.